The van der Waals surface area contributed by atoms with Gasteiger partial charge in [0, 0.05) is 14.3 Å². The summed E-state index contributed by atoms with van der Waals surface area (Å²) >= 11 is 1.74. The molecule has 1 rings (SSSR count). The van der Waals surface area contributed by atoms with Crippen molar-refractivity contribution in [2.45, 2.75) is 12.7 Å². The number of halogens is 5. The van der Waals surface area contributed by atoms with E-state index in [1.54, 1.807) is 22.6 Å². The molecule has 2 nitrogen and oxygen atoms in total. The van der Waals surface area contributed by atoms with Crippen molar-refractivity contribution < 1.29 is 72.7 Å². The number of hydrogen-bond acceptors (Lipinski definition) is 2. The van der Waals surface area contributed by atoms with Gasteiger partial charge in [0.25, 0.3) is 0 Å². The first kappa shape index (κ1) is 19.7. The number of hydrogen-bond donors (Lipinski definition) is 0. The van der Waals surface area contributed by atoms with Gasteiger partial charge in [0.05, 0.1) is 5.75 Å². The predicted molar refractivity (Wildman–Crippen MR) is 71.1 cm³/mol. The smallest absolute Gasteiger partial charge is 0.445 e. The average molecular weight is 436 g/mol. The molecule has 0 aliphatic rings. The van der Waals surface area contributed by atoms with E-state index < -0.39 is 27.2 Å². The van der Waals surface area contributed by atoms with Gasteiger partial charge < -0.3 is 12.9 Å². The van der Waals surface area contributed by atoms with Gasteiger partial charge in [0.15, 0.2) is 0 Å². The molecule has 0 bridgehead atoms. The van der Waals surface area contributed by atoms with Gasteiger partial charge in [-0.2, -0.15) is 0 Å². The summed E-state index contributed by atoms with van der Waals surface area (Å²) in [5.74, 6) is -0.607. The van der Waals surface area contributed by atoms with Crippen molar-refractivity contribution in [2.24, 2.45) is 0 Å². The zero-order valence-electron chi connectivity index (χ0n) is 9.55. The second-order valence-electron chi connectivity index (χ2n) is 3.55. The Morgan fingerprint density at radius 3 is 2.22 bits per heavy atom. The number of benzene rings is 1. The van der Waals surface area contributed by atoms with Crippen LogP contribution in [0.1, 0.15) is 11.1 Å². The van der Waals surface area contributed by atoms with Crippen LogP contribution in [-0.4, -0.2) is 15.4 Å². The molecule has 18 heavy (non-hydrogen) atoms. The maximum Gasteiger partial charge on any atom is 1.00 e. The van der Waals surface area contributed by atoms with Crippen molar-refractivity contribution in [2.75, 3.05) is 0 Å². The standard InChI is InChI=1S/C8H7BClF3IO2S.K/c1-5-7(9(11,12)13)2-6(3-8(5)14)4-17(10,15)16;/h2-3H,4H2,1H3;/q-1;+1. The van der Waals surface area contributed by atoms with Gasteiger partial charge in [-0.1, -0.05) is 11.6 Å². The molecule has 0 saturated carbocycles. The van der Waals surface area contributed by atoms with Crippen LogP contribution in [0, 0.1) is 10.5 Å². The Balaban J connectivity index is 0.00000289. The Morgan fingerprint density at radius 2 is 1.83 bits per heavy atom. The molecule has 1 aromatic carbocycles. The van der Waals surface area contributed by atoms with Crippen LogP contribution in [0.5, 0.6) is 0 Å². The molecule has 0 amide bonds. The van der Waals surface area contributed by atoms with Crippen LogP contribution in [0.3, 0.4) is 0 Å². The summed E-state index contributed by atoms with van der Waals surface area (Å²) in [7, 11) is 1.16. The van der Waals surface area contributed by atoms with Crippen molar-refractivity contribution in [1.29, 1.82) is 0 Å². The molecule has 0 unspecified atom stereocenters. The van der Waals surface area contributed by atoms with Crippen LogP contribution in [0.15, 0.2) is 12.1 Å². The molecule has 0 radical (unpaired) electrons. The summed E-state index contributed by atoms with van der Waals surface area (Å²) in [6, 6.07) is 2.23. The molecule has 0 heterocycles. The van der Waals surface area contributed by atoms with Gasteiger partial charge in [-0.05, 0) is 41.1 Å². The average Bonchev–Trinajstić information content (AvgIpc) is 2.06. The summed E-state index contributed by atoms with van der Waals surface area (Å²) < 4.78 is 60.2. The molecule has 0 atom stereocenters. The Bertz CT molecular complexity index is 550. The molecule has 0 aliphatic carbocycles. The fourth-order valence-electron chi connectivity index (χ4n) is 1.38. The first-order valence-corrected chi connectivity index (χ1v) is 7.97. The van der Waals surface area contributed by atoms with Gasteiger partial charge >= 0.3 is 58.4 Å². The quantitative estimate of drug-likeness (QED) is 0.371. The fraction of sp³-hybridized carbons (Fsp3) is 0.250. The summed E-state index contributed by atoms with van der Waals surface area (Å²) in [5.41, 5.74) is -0.620. The van der Waals surface area contributed by atoms with Crippen LogP contribution in [0.4, 0.5) is 12.9 Å². The van der Waals surface area contributed by atoms with Crippen molar-refractivity contribution >= 4 is 54.8 Å². The molecule has 10 heteroatoms. The van der Waals surface area contributed by atoms with Gasteiger partial charge in [-0.15, -0.1) is 5.46 Å². The number of rotatable bonds is 3. The van der Waals surface area contributed by atoms with E-state index in [-0.39, 0.29) is 62.5 Å². The van der Waals surface area contributed by atoms with Crippen molar-refractivity contribution in [3.05, 3.63) is 26.8 Å². The largest absolute Gasteiger partial charge is 1.00 e. The van der Waals surface area contributed by atoms with E-state index >= 15 is 0 Å². The summed E-state index contributed by atoms with van der Waals surface area (Å²) in [5, 5.41) is 0. The molecule has 0 N–H and O–H groups in total. The van der Waals surface area contributed by atoms with Crippen LogP contribution in [0.2, 0.25) is 0 Å². The maximum absolute atomic E-state index is 12.7. The third-order valence-corrected chi connectivity index (χ3v) is 4.26. The molecule has 0 fully saturated rings. The van der Waals surface area contributed by atoms with Crippen molar-refractivity contribution in [1.82, 2.24) is 0 Å². The SMILES string of the molecule is Cc1c(I)cc(CS(=O)(=O)Cl)cc1[B-](F)(F)F.[K+]. The zero-order chi connectivity index (χ0) is 13.4. The third kappa shape index (κ3) is 5.98. The minimum Gasteiger partial charge on any atom is -0.445 e. The maximum atomic E-state index is 12.7. The van der Waals surface area contributed by atoms with E-state index in [0.717, 1.165) is 6.07 Å². The van der Waals surface area contributed by atoms with Crippen molar-refractivity contribution in [3.63, 3.8) is 0 Å². The van der Waals surface area contributed by atoms with Crippen LogP contribution in [-0.2, 0) is 14.8 Å². The van der Waals surface area contributed by atoms with Crippen LogP contribution >= 0.6 is 33.3 Å². The first-order chi connectivity index (χ1) is 7.50. The summed E-state index contributed by atoms with van der Waals surface area (Å²) in [4.78, 5) is 0. The van der Waals surface area contributed by atoms with Gasteiger partial charge in [0.2, 0.25) is 9.05 Å². The van der Waals surface area contributed by atoms with Gasteiger partial charge in [-0.25, -0.2) is 8.42 Å². The Morgan fingerprint density at radius 1 is 1.33 bits per heavy atom. The third-order valence-electron chi connectivity index (χ3n) is 2.14. The predicted octanol–water partition coefficient (Wildman–Crippen LogP) is -0.273. The van der Waals surface area contributed by atoms with Crippen LogP contribution < -0.4 is 56.8 Å². The second kappa shape index (κ2) is 7.10. The molecule has 96 valence electrons. The summed E-state index contributed by atoms with van der Waals surface area (Å²) in [6.07, 6.45) is 0. The Labute approximate surface area is 164 Å². The molecule has 0 saturated heterocycles. The van der Waals surface area contributed by atoms with E-state index in [1.807, 2.05) is 0 Å². The fourth-order valence-corrected chi connectivity index (χ4v) is 3.04. The Kier molecular flexibility index (Phi) is 7.76. The minimum absolute atomic E-state index is 0. The molecule has 1 aromatic rings. The van der Waals surface area contributed by atoms with E-state index in [1.165, 1.54) is 13.0 Å². The molecular weight excluding hydrogens is 429 g/mol. The Hall–Kier alpha value is 1.68. The van der Waals surface area contributed by atoms with E-state index in [2.05, 4.69) is 0 Å². The molecule has 0 spiro atoms. The second-order valence-corrected chi connectivity index (χ2v) is 7.49. The topological polar surface area (TPSA) is 34.1 Å². The molecular formula is C8H7BClF3IKO2S. The van der Waals surface area contributed by atoms with Gasteiger partial charge in [-0.3, -0.25) is 0 Å². The zero-order valence-corrected chi connectivity index (χ0v) is 16.4. The first-order valence-electron chi connectivity index (χ1n) is 4.42. The van der Waals surface area contributed by atoms with Crippen LogP contribution in [0.25, 0.3) is 0 Å². The van der Waals surface area contributed by atoms with Crippen molar-refractivity contribution in [3.8, 4) is 0 Å². The monoisotopic (exact) mass is 436 g/mol. The molecule has 0 aromatic heterocycles. The van der Waals surface area contributed by atoms with E-state index in [9.17, 15) is 21.4 Å². The minimum atomic E-state index is -5.16. The van der Waals surface area contributed by atoms with E-state index in [0.29, 0.717) is 3.57 Å². The van der Waals surface area contributed by atoms with Gasteiger partial charge in [0.1, 0.15) is 0 Å². The van der Waals surface area contributed by atoms with E-state index in [4.69, 9.17) is 10.7 Å². The summed E-state index contributed by atoms with van der Waals surface area (Å²) in [6.45, 7) is -3.81. The normalized spacial score (nSPS) is 12.1. The molecule has 0 aliphatic heterocycles.